The van der Waals surface area contributed by atoms with Crippen molar-refractivity contribution >= 4 is 11.5 Å². The molecule has 2 aromatic rings. The van der Waals surface area contributed by atoms with Crippen LogP contribution in [0.15, 0.2) is 36.7 Å². The highest BCUT2D eigenvalue weighted by atomic mass is 15.0. The molecule has 0 aliphatic carbocycles. The predicted octanol–water partition coefficient (Wildman–Crippen LogP) is 1.98. The second-order valence-corrected chi connectivity index (χ2v) is 3.56. The Hall–Kier alpha value is -2.10. The van der Waals surface area contributed by atoms with Gasteiger partial charge in [0.05, 0.1) is 17.9 Å². The van der Waals surface area contributed by atoms with Crippen molar-refractivity contribution in [2.45, 2.75) is 13.5 Å². The molecule has 0 aliphatic heterocycles. The van der Waals surface area contributed by atoms with Gasteiger partial charge in [0, 0.05) is 12.4 Å². The van der Waals surface area contributed by atoms with E-state index in [-0.39, 0.29) is 0 Å². The van der Waals surface area contributed by atoms with Crippen LogP contribution in [0.4, 0.5) is 11.5 Å². The maximum Gasteiger partial charge on any atom is 0.149 e. The van der Waals surface area contributed by atoms with E-state index in [1.165, 1.54) is 0 Å². The first kappa shape index (κ1) is 10.4. The van der Waals surface area contributed by atoms with Crippen molar-refractivity contribution in [3.63, 3.8) is 0 Å². The Balaban J connectivity index is 2.09. The van der Waals surface area contributed by atoms with Crippen molar-refractivity contribution in [1.29, 1.82) is 0 Å². The van der Waals surface area contributed by atoms with Gasteiger partial charge in [0.1, 0.15) is 5.82 Å². The summed E-state index contributed by atoms with van der Waals surface area (Å²) in [7, 11) is 0. The minimum atomic E-state index is 0.633. The summed E-state index contributed by atoms with van der Waals surface area (Å²) in [6, 6.07) is 7.59. The molecule has 0 aromatic carbocycles. The molecule has 4 nitrogen and oxygen atoms in total. The van der Waals surface area contributed by atoms with Crippen LogP contribution in [0.3, 0.4) is 0 Å². The number of hydrogen-bond donors (Lipinski definition) is 2. The number of nitrogens with one attached hydrogen (secondary N) is 1. The summed E-state index contributed by atoms with van der Waals surface area (Å²) in [5.41, 5.74) is 8.59. The van der Waals surface area contributed by atoms with E-state index in [0.717, 1.165) is 11.3 Å². The third kappa shape index (κ3) is 2.28. The Morgan fingerprint density at radius 2 is 1.94 bits per heavy atom. The van der Waals surface area contributed by atoms with Gasteiger partial charge in [-0.1, -0.05) is 6.07 Å². The summed E-state index contributed by atoms with van der Waals surface area (Å²) in [6.45, 7) is 2.67. The van der Waals surface area contributed by atoms with Crippen molar-refractivity contribution in [2.24, 2.45) is 0 Å². The maximum atomic E-state index is 5.78. The smallest absolute Gasteiger partial charge is 0.149 e. The molecule has 16 heavy (non-hydrogen) atoms. The minimum absolute atomic E-state index is 0.633. The summed E-state index contributed by atoms with van der Waals surface area (Å²) < 4.78 is 0. The number of nitrogens with two attached hydrogens (primary N) is 1. The van der Waals surface area contributed by atoms with Crippen LogP contribution in [-0.4, -0.2) is 9.97 Å². The zero-order valence-corrected chi connectivity index (χ0v) is 9.14. The van der Waals surface area contributed by atoms with Gasteiger partial charge in [0.25, 0.3) is 0 Å². The lowest BCUT2D eigenvalue weighted by Crippen LogP contribution is -2.06. The molecule has 0 unspecified atom stereocenters. The monoisotopic (exact) mass is 214 g/mol. The minimum Gasteiger partial charge on any atom is -0.396 e. The van der Waals surface area contributed by atoms with Gasteiger partial charge in [-0.25, -0.2) is 4.98 Å². The van der Waals surface area contributed by atoms with E-state index in [9.17, 15) is 0 Å². The van der Waals surface area contributed by atoms with Crippen LogP contribution < -0.4 is 11.1 Å². The van der Waals surface area contributed by atoms with Crippen LogP contribution in [0.25, 0.3) is 0 Å². The summed E-state index contributed by atoms with van der Waals surface area (Å²) in [5.74, 6) is 0.701. The van der Waals surface area contributed by atoms with Crippen LogP contribution in [0.5, 0.6) is 0 Å². The molecule has 0 saturated carbocycles. The fourth-order valence-electron chi connectivity index (χ4n) is 1.44. The van der Waals surface area contributed by atoms with E-state index in [2.05, 4.69) is 15.3 Å². The molecule has 0 saturated heterocycles. The van der Waals surface area contributed by atoms with Gasteiger partial charge in [-0.2, -0.15) is 0 Å². The van der Waals surface area contributed by atoms with E-state index >= 15 is 0 Å². The number of nitrogens with zero attached hydrogens (tertiary/aromatic N) is 2. The Bertz CT molecular complexity index is 436. The van der Waals surface area contributed by atoms with Gasteiger partial charge in [-0.05, 0) is 30.7 Å². The normalized spacial score (nSPS) is 10.1. The van der Waals surface area contributed by atoms with Crippen molar-refractivity contribution in [3.05, 3.63) is 47.9 Å². The van der Waals surface area contributed by atoms with E-state index in [1.807, 2.05) is 31.2 Å². The summed E-state index contributed by atoms with van der Waals surface area (Å²) in [4.78, 5) is 8.45. The molecule has 0 radical (unpaired) electrons. The largest absolute Gasteiger partial charge is 0.396 e. The SMILES string of the molecule is Cc1cccnc1CNc1ncccc1N. The first-order valence-corrected chi connectivity index (χ1v) is 5.12. The van der Waals surface area contributed by atoms with E-state index in [1.54, 1.807) is 12.4 Å². The average molecular weight is 214 g/mol. The Labute approximate surface area is 94.5 Å². The van der Waals surface area contributed by atoms with Crippen LogP contribution in [0, 0.1) is 6.92 Å². The number of aromatic nitrogens is 2. The van der Waals surface area contributed by atoms with Crippen molar-refractivity contribution < 1.29 is 0 Å². The molecule has 3 N–H and O–H groups in total. The second-order valence-electron chi connectivity index (χ2n) is 3.56. The zero-order valence-electron chi connectivity index (χ0n) is 9.14. The number of pyridine rings is 2. The van der Waals surface area contributed by atoms with Crippen LogP contribution >= 0.6 is 0 Å². The third-order valence-electron chi connectivity index (χ3n) is 2.38. The third-order valence-corrected chi connectivity index (χ3v) is 2.38. The summed E-state index contributed by atoms with van der Waals surface area (Å²) in [5, 5.41) is 3.17. The second kappa shape index (κ2) is 4.61. The lowest BCUT2D eigenvalue weighted by molar-refractivity contribution is 1.01. The van der Waals surface area contributed by atoms with E-state index < -0.39 is 0 Å². The molecule has 0 amide bonds. The van der Waals surface area contributed by atoms with Gasteiger partial charge in [-0.3, -0.25) is 4.98 Å². The van der Waals surface area contributed by atoms with Crippen LogP contribution in [0.2, 0.25) is 0 Å². The molecule has 2 aromatic heterocycles. The summed E-state index contributed by atoms with van der Waals surface area (Å²) >= 11 is 0. The van der Waals surface area contributed by atoms with Crippen molar-refractivity contribution in [1.82, 2.24) is 9.97 Å². The van der Waals surface area contributed by atoms with Gasteiger partial charge in [-0.15, -0.1) is 0 Å². The highest BCUT2D eigenvalue weighted by Gasteiger charge is 2.01. The van der Waals surface area contributed by atoms with Crippen LogP contribution in [-0.2, 0) is 6.54 Å². The zero-order chi connectivity index (χ0) is 11.4. The van der Waals surface area contributed by atoms with E-state index in [4.69, 9.17) is 5.73 Å². The molecule has 82 valence electrons. The lowest BCUT2D eigenvalue weighted by Gasteiger charge is -2.08. The molecule has 0 bridgehead atoms. The predicted molar refractivity (Wildman–Crippen MR) is 65.0 cm³/mol. The molecular weight excluding hydrogens is 200 g/mol. The van der Waals surface area contributed by atoms with E-state index in [0.29, 0.717) is 18.1 Å². The Morgan fingerprint density at radius 1 is 1.19 bits per heavy atom. The molecule has 0 fully saturated rings. The number of rotatable bonds is 3. The van der Waals surface area contributed by atoms with Crippen molar-refractivity contribution in [3.8, 4) is 0 Å². The molecule has 0 atom stereocenters. The number of nitrogen functional groups attached to an aromatic ring is 1. The van der Waals surface area contributed by atoms with Crippen molar-refractivity contribution in [2.75, 3.05) is 11.1 Å². The maximum absolute atomic E-state index is 5.78. The Morgan fingerprint density at radius 3 is 2.69 bits per heavy atom. The first-order valence-electron chi connectivity index (χ1n) is 5.12. The highest BCUT2D eigenvalue weighted by Crippen LogP contribution is 2.14. The number of aryl methyl sites for hydroxylation is 1. The van der Waals surface area contributed by atoms with Gasteiger partial charge < -0.3 is 11.1 Å². The molecule has 2 rings (SSSR count). The topological polar surface area (TPSA) is 63.8 Å². The molecule has 0 spiro atoms. The first-order chi connectivity index (χ1) is 7.77. The summed E-state index contributed by atoms with van der Waals surface area (Å²) in [6.07, 6.45) is 3.50. The number of anilines is 2. The molecular formula is C12H14N4. The van der Waals surface area contributed by atoms with Gasteiger partial charge in [0.15, 0.2) is 0 Å². The van der Waals surface area contributed by atoms with Gasteiger partial charge in [0.2, 0.25) is 0 Å². The molecule has 2 heterocycles. The van der Waals surface area contributed by atoms with Gasteiger partial charge >= 0.3 is 0 Å². The number of hydrogen-bond acceptors (Lipinski definition) is 4. The molecule has 0 aliphatic rings. The Kier molecular flexibility index (Phi) is 3.00. The standard InChI is InChI=1S/C12H14N4/c1-9-4-2-6-14-11(9)8-16-12-10(13)5-3-7-15-12/h2-7H,8,13H2,1H3,(H,15,16). The highest BCUT2D eigenvalue weighted by molar-refractivity contribution is 5.60. The fraction of sp³-hybridized carbons (Fsp3) is 0.167. The lowest BCUT2D eigenvalue weighted by atomic mass is 10.2. The molecule has 4 heteroatoms. The fourth-order valence-corrected chi connectivity index (χ4v) is 1.44. The average Bonchev–Trinajstić information content (AvgIpc) is 2.30. The quantitative estimate of drug-likeness (QED) is 0.820. The van der Waals surface area contributed by atoms with Crippen LogP contribution in [0.1, 0.15) is 11.3 Å².